The van der Waals surface area contributed by atoms with E-state index in [2.05, 4.69) is 15.8 Å². The van der Waals surface area contributed by atoms with Gasteiger partial charge in [0.1, 0.15) is 0 Å². The molecule has 0 heterocycles. The number of aryl methyl sites for hydroxylation is 1. The number of nitrogens with zero attached hydrogens (tertiary/aromatic N) is 1. The average Bonchev–Trinajstić information content (AvgIpc) is 2.39. The van der Waals surface area contributed by atoms with E-state index >= 15 is 0 Å². The van der Waals surface area contributed by atoms with Gasteiger partial charge in [0.05, 0.1) is 6.54 Å². The van der Waals surface area contributed by atoms with Crippen LogP contribution in [-0.2, 0) is 11.3 Å². The SMILES string of the molecule is CNC(=O)CNCc1ccc(/C(N)=N/O)cc1C. The van der Waals surface area contributed by atoms with E-state index in [0.717, 1.165) is 11.1 Å². The highest BCUT2D eigenvalue weighted by Gasteiger charge is 2.04. The van der Waals surface area contributed by atoms with Gasteiger partial charge in [0.25, 0.3) is 0 Å². The molecule has 0 saturated carbocycles. The maximum atomic E-state index is 11.0. The summed E-state index contributed by atoms with van der Waals surface area (Å²) in [5, 5.41) is 17.1. The number of nitrogens with two attached hydrogens (primary N) is 1. The topological polar surface area (TPSA) is 99.7 Å². The number of oxime groups is 1. The predicted molar refractivity (Wildman–Crippen MR) is 69.5 cm³/mol. The summed E-state index contributed by atoms with van der Waals surface area (Å²) in [6, 6.07) is 5.50. The summed E-state index contributed by atoms with van der Waals surface area (Å²) in [5.41, 5.74) is 8.25. The lowest BCUT2D eigenvalue weighted by molar-refractivity contribution is -0.119. The van der Waals surface area contributed by atoms with Gasteiger partial charge in [0, 0.05) is 19.2 Å². The summed E-state index contributed by atoms with van der Waals surface area (Å²) >= 11 is 0. The van der Waals surface area contributed by atoms with Crippen LogP contribution in [0.25, 0.3) is 0 Å². The van der Waals surface area contributed by atoms with E-state index in [-0.39, 0.29) is 18.3 Å². The van der Waals surface area contributed by atoms with Crippen molar-refractivity contribution in [2.24, 2.45) is 10.9 Å². The zero-order valence-electron chi connectivity index (χ0n) is 10.5. The monoisotopic (exact) mass is 250 g/mol. The Morgan fingerprint density at radius 3 is 2.78 bits per heavy atom. The first-order valence-electron chi connectivity index (χ1n) is 5.57. The lowest BCUT2D eigenvalue weighted by Gasteiger charge is -2.09. The maximum absolute atomic E-state index is 11.0. The molecule has 0 aliphatic carbocycles. The van der Waals surface area contributed by atoms with Crippen LogP contribution in [0.4, 0.5) is 0 Å². The molecule has 6 nitrogen and oxygen atoms in total. The third kappa shape index (κ3) is 3.74. The summed E-state index contributed by atoms with van der Waals surface area (Å²) in [6.45, 7) is 2.80. The molecule has 98 valence electrons. The van der Waals surface area contributed by atoms with Crippen molar-refractivity contribution in [2.45, 2.75) is 13.5 Å². The fraction of sp³-hybridized carbons (Fsp3) is 0.333. The number of amides is 1. The molecular weight excluding hydrogens is 232 g/mol. The highest BCUT2D eigenvalue weighted by atomic mass is 16.4. The molecule has 0 unspecified atom stereocenters. The number of carbonyl (C=O) groups excluding carboxylic acids is 1. The van der Waals surface area contributed by atoms with E-state index in [9.17, 15) is 4.79 Å². The van der Waals surface area contributed by atoms with Gasteiger partial charge in [-0.1, -0.05) is 17.3 Å². The van der Waals surface area contributed by atoms with Gasteiger partial charge in [-0.05, 0) is 24.1 Å². The van der Waals surface area contributed by atoms with Crippen molar-refractivity contribution < 1.29 is 10.0 Å². The van der Waals surface area contributed by atoms with Crippen molar-refractivity contribution in [1.29, 1.82) is 0 Å². The third-order valence-electron chi connectivity index (χ3n) is 2.63. The molecule has 1 amide bonds. The van der Waals surface area contributed by atoms with Crippen LogP contribution in [0, 0.1) is 6.92 Å². The van der Waals surface area contributed by atoms with Gasteiger partial charge in [-0.3, -0.25) is 4.79 Å². The molecular formula is C12H18N4O2. The van der Waals surface area contributed by atoms with Crippen LogP contribution in [-0.4, -0.2) is 30.5 Å². The molecule has 0 bridgehead atoms. The van der Waals surface area contributed by atoms with Crippen molar-refractivity contribution in [2.75, 3.05) is 13.6 Å². The Labute approximate surface area is 106 Å². The van der Waals surface area contributed by atoms with Crippen molar-refractivity contribution in [3.8, 4) is 0 Å². The minimum absolute atomic E-state index is 0.0547. The highest BCUT2D eigenvalue weighted by Crippen LogP contribution is 2.10. The lowest BCUT2D eigenvalue weighted by atomic mass is 10.0. The third-order valence-corrected chi connectivity index (χ3v) is 2.63. The lowest BCUT2D eigenvalue weighted by Crippen LogP contribution is -2.31. The zero-order valence-corrected chi connectivity index (χ0v) is 10.5. The van der Waals surface area contributed by atoms with Gasteiger partial charge >= 0.3 is 0 Å². The normalized spacial score (nSPS) is 11.3. The number of nitrogens with one attached hydrogen (secondary N) is 2. The fourth-order valence-corrected chi connectivity index (χ4v) is 1.51. The maximum Gasteiger partial charge on any atom is 0.233 e. The molecule has 0 aromatic heterocycles. The summed E-state index contributed by atoms with van der Waals surface area (Å²) in [7, 11) is 1.60. The summed E-state index contributed by atoms with van der Waals surface area (Å²) in [6.07, 6.45) is 0. The quantitative estimate of drug-likeness (QED) is 0.254. The number of carbonyl (C=O) groups is 1. The summed E-state index contributed by atoms with van der Waals surface area (Å²) < 4.78 is 0. The molecule has 0 spiro atoms. The molecule has 18 heavy (non-hydrogen) atoms. The van der Waals surface area contributed by atoms with E-state index < -0.39 is 0 Å². The molecule has 0 atom stereocenters. The van der Waals surface area contributed by atoms with Crippen LogP contribution in [0.3, 0.4) is 0 Å². The van der Waals surface area contributed by atoms with Crippen LogP contribution < -0.4 is 16.4 Å². The van der Waals surface area contributed by atoms with Gasteiger partial charge in [-0.2, -0.15) is 0 Å². The van der Waals surface area contributed by atoms with Crippen LogP contribution in [0.2, 0.25) is 0 Å². The molecule has 0 fully saturated rings. The first kappa shape index (κ1) is 14.0. The van der Waals surface area contributed by atoms with Gasteiger partial charge in [0.2, 0.25) is 5.91 Å². The number of amidine groups is 1. The number of rotatable bonds is 5. The molecule has 0 saturated heterocycles. The van der Waals surface area contributed by atoms with E-state index in [4.69, 9.17) is 10.9 Å². The molecule has 1 aromatic rings. The Balaban J connectivity index is 2.66. The molecule has 0 aliphatic heterocycles. The molecule has 0 radical (unpaired) electrons. The van der Waals surface area contributed by atoms with Crippen LogP contribution in [0.15, 0.2) is 23.4 Å². The minimum Gasteiger partial charge on any atom is -0.409 e. The average molecular weight is 250 g/mol. The van der Waals surface area contributed by atoms with Crippen molar-refractivity contribution in [3.05, 3.63) is 34.9 Å². The second-order valence-electron chi connectivity index (χ2n) is 3.90. The molecule has 0 aliphatic rings. The molecule has 1 rings (SSSR count). The standard InChI is InChI=1S/C12H18N4O2/c1-8-5-9(12(13)16-18)3-4-10(8)6-15-7-11(17)14-2/h3-5,15,18H,6-7H2,1-2H3,(H2,13,16)(H,14,17). The van der Waals surface area contributed by atoms with Crippen molar-refractivity contribution >= 4 is 11.7 Å². The van der Waals surface area contributed by atoms with Gasteiger partial charge in [-0.25, -0.2) is 0 Å². The molecule has 1 aromatic carbocycles. The first-order chi connectivity index (χ1) is 8.58. The van der Waals surface area contributed by atoms with Crippen LogP contribution >= 0.6 is 0 Å². The first-order valence-corrected chi connectivity index (χ1v) is 5.57. The highest BCUT2D eigenvalue weighted by molar-refractivity contribution is 5.97. The number of likely N-dealkylation sites (N-methyl/N-ethyl adjacent to an activating group) is 1. The summed E-state index contributed by atoms with van der Waals surface area (Å²) in [4.78, 5) is 11.0. The summed E-state index contributed by atoms with van der Waals surface area (Å²) in [5.74, 6) is 0.0314. The predicted octanol–water partition coefficient (Wildman–Crippen LogP) is -0.0749. The second kappa shape index (κ2) is 6.61. The van der Waals surface area contributed by atoms with E-state index in [1.165, 1.54) is 0 Å². The molecule has 6 heteroatoms. The Hall–Kier alpha value is -2.08. The van der Waals surface area contributed by atoms with Gasteiger partial charge < -0.3 is 21.6 Å². The van der Waals surface area contributed by atoms with E-state index in [1.807, 2.05) is 19.1 Å². The number of hydrogen-bond acceptors (Lipinski definition) is 4. The van der Waals surface area contributed by atoms with Gasteiger partial charge in [-0.15, -0.1) is 0 Å². The zero-order chi connectivity index (χ0) is 13.5. The smallest absolute Gasteiger partial charge is 0.233 e. The van der Waals surface area contributed by atoms with Crippen molar-refractivity contribution in [1.82, 2.24) is 10.6 Å². The van der Waals surface area contributed by atoms with E-state index in [1.54, 1.807) is 13.1 Å². The fourth-order valence-electron chi connectivity index (χ4n) is 1.51. The Morgan fingerprint density at radius 2 is 2.22 bits per heavy atom. The second-order valence-corrected chi connectivity index (χ2v) is 3.90. The largest absolute Gasteiger partial charge is 0.409 e. The van der Waals surface area contributed by atoms with Crippen LogP contribution in [0.5, 0.6) is 0 Å². The molecule has 5 N–H and O–H groups in total. The Bertz CT molecular complexity index is 457. The van der Waals surface area contributed by atoms with E-state index in [0.29, 0.717) is 12.1 Å². The number of hydrogen-bond donors (Lipinski definition) is 4. The minimum atomic E-state index is -0.0547. The Kier molecular flexibility index (Phi) is 5.13. The Morgan fingerprint density at radius 1 is 1.50 bits per heavy atom. The van der Waals surface area contributed by atoms with Crippen molar-refractivity contribution in [3.63, 3.8) is 0 Å². The van der Waals surface area contributed by atoms with Crippen LogP contribution in [0.1, 0.15) is 16.7 Å². The van der Waals surface area contributed by atoms with Gasteiger partial charge in [0.15, 0.2) is 5.84 Å². The number of benzene rings is 1.